The molecule has 9 heavy (non-hydrogen) atoms. The Kier molecular flexibility index (Phi) is 6.60. The van der Waals surface area contributed by atoms with E-state index < -0.39 is 0 Å². The van der Waals surface area contributed by atoms with Crippen molar-refractivity contribution in [1.29, 1.82) is 0 Å². The van der Waals surface area contributed by atoms with E-state index in [0.717, 1.165) is 0 Å². The first-order valence-electron chi connectivity index (χ1n) is 3.35. The van der Waals surface area contributed by atoms with Gasteiger partial charge in [-0.3, -0.25) is 0 Å². The van der Waals surface area contributed by atoms with Crippen LogP contribution in [0.25, 0.3) is 0 Å². The Hall–Kier alpha value is 0.282. The minimum absolute atomic E-state index is 0.536. The maximum absolute atomic E-state index is 3.95. The summed E-state index contributed by atoms with van der Waals surface area (Å²) in [5, 5.41) is 0. The van der Waals surface area contributed by atoms with Gasteiger partial charge < -0.3 is 0 Å². The second-order valence-corrected chi connectivity index (χ2v) is 3.45. The molecule has 0 aliphatic carbocycles. The van der Waals surface area contributed by atoms with Gasteiger partial charge in [-0.25, -0.2) is 0 Å². The van der Waals surface area contributed by atoms with E-state index in [9.17, 15) is 0 Å². The van der Waals surface area contributed by atoms with Crippen molar-refractivity contribution < 1.29 is 0 Å². The van der Waals surface area contributed by atoms with Crippen LogP contribution in [0.2, 0.25) is 0 Å². The third kappa shape index (κ3) is 6.16. The van der Waals surface area contributed by atoms with Crippen LogP contribution in [-0.2, 0) is 0 Å². The Bertz CT molecular complexity index is 141. The zero-order chi connectivity index (χ0) is 7.11. The summed E-state index contributed by atoms with van der Waals surface area (Å²) < 4.78 is 3.95. The first kappa shape index (κ1) is 9.28. The molecular weight excluding hydrogens is 302 g/mol. The van der Waals surface area contributed by atoms with Crippen molar-refractivity contribution in [3.63, 3.8) is 0 Å². The number of allylic oxidation sites excluding steroid dienone is 1. The van der Waals surface area contributed by atoms with Gasteiger partial charge in [0.1, 0.15) is 0 Å². The first-order chi connectivity index (χ1) is 4.31. The van der Waals surface area contributed by atoms with Crippen molar-refractivity contribution in [1.82, 2.24) is 2.41 Å². The number of nitrogens with zero attached hydrogens (tertiary/aromatic N) is 1. The Morgan fingerprint density at radius 1 is 1.78 bits per heavy atom. The molecule has 0 N–H and O–H groups in total. The van der Waals surface area contributed by atoms with Gasteiger partial charge in [0, 0.05) is 0 Å². The van der Waals surface area contributed by atoms with Crippen molar-refractivity contribution in [2.45, 2.75) is 26.7 Å². The fourth-order valence-corrected chi connectivity index (χ4v) is 1.13. The summed E-state index contributed by atoms with van der Waals surface area (Å²) in [5.41, 5.74) is 0. The normalized spacial score (nSPS) is 11.2. The fraction of sp³-hybridized carbons (Fsp3) is 0.714. The van der Waals surface area contributed by atoms with Gasteiger partial charge in [-0.05, 0) is 0 Å². The van der Waals surface area contributed by atoms with Gasteiger partial charge in [0.25, 0.3) is 0 Å². The average molecular weight is 316 g/mol. The topological polar surface area (TPSA) is 14.1 Å². The van der Waals surface area contributed by atoms with Crippen LogP contribution in [0.15, 0.2) is 6.08 Å². The summed E-state index contributed by atoms with van der Waals surface area (Å²) in [6.07, 6.45) is 4.58. The van der Waals surface area contributed by atoms with E-state index in [1.807, 2.05) is 0 Å². The van der Waals surface area contributed by atoms with Gasteiger partial charge in [0.15, 0.2) is 0 Å². The van der Waals surface area contributed by atoms with Gasteiger partial charge >= 0.3 is 72.6 Å². The molecule has 0 rings (SSSR count). The molecule has 0 saturated carbocycles. The summed E-state index contributed by atoms with van der Waals surface area (Å²) in [6.45, 7) is 4.40. The van der Waals surface area contributed by atoms with Crippen molar-refractivity contribution in [2.24, 2.45) is 5.92 Å². The molecular formula is C7H13NTl+. The third-order valence-corrected chi connectivity index (χ3v) is 1.90. The Labute approximate surface area is 72.5 Å². The van der Waals surface area contributed by atoms with Crippen molar-refractivity contribution in [3.05, 3.63) is 6.08 Å². The second kappa shape index (κ2) is 6.40. The van der Waals surface area contributed by atoms with E-state index in [1.54, 1.807) is 0 Å². The Morgan fingerprint density at radius 2 is 2.44 bits per heavy atom. The molecule has 1 unspecified atom stereocenters. The number of rotatable bonds is 3. The molecule has 0 aromatic heterocycles. The Balaban J connectivity index is 3.61. The standard InChI is InChI=1S/C7H12N.Tl.H/c1-3-4-7(2)5-6-8;;/h5,7H,3-4H2,1-2H3;;/q-1;+2;. The van der Waals surface area contributed by atoms with Crippen LogP contribution < -0.4 is 2.41 Å². The van der Waals surface area contributed by atoms with E-state index >= 15 is 0 Å². The molecule has 0 aromatic carbocycles. The van der Waals surface area contributed by atoms with Gasteiger partial charge in [-0.1, -0.05) is 0 Å². The molecule has 0 spiro atoms. The maximum atomic E-state index is 3.95. The fourth-order valence-electron chi connectivity index (χ4n) is 0.719. The molecule has 1 nitrogen and oxygen atoms in total. The van der Waals surface area contributed by atoms with Crippen LogP contribution in [0.5, 0.6) is 0 Å². The number of hydrogen-bond donors (Lipinski definition) is 0. The van der Waals surface area contributed by atoms with Crippen LogP contribution >= 0.6 is 0 Å². The predicted molar refractivity (Wildman–Crippen MR) is 42.9 cm³/mol. The van der Waals surface area contributed by atoms with E-state index in [-0.39, 0.29) is 0 Å². The average Bonchev–Trinajstić information content (AvgIpc) is 1.85. The van der Waals surface area contributed by atoms with Crippen LogP contribution in [0.3, 0.4) is 0 Å². The van der Waals surface area contributed by atoms with Crippen molar-refractivity contribution >= 4 is 31.5 Å². The molecule has 2 heteroatoms. The van der Waals surface area contributed by atoms with Gasteiger partial charge in [-0.15, -0.1) is 0 Å². The predicted octanol–water partition coefficient (Wildman–Crippen LogP) is 0.800. The monoisotopic (exact) mass is 316 g/mol. The molecule has 0 heterocycles. The quantitative estimate of drug-likeness (QED) is 0.416. The molecule has 1 atom stereocenters. The van der Waals surface area contributed by atoms with Gasteiger partial charge in [-0.2, -0.15) is 0 Å². The van der Waals surface area contributed by atoms with Crippen LogP contribution in [0.4, 0.5) is 0 Å². The third-order valence-electron chi connectivity index (χ3n) is 1.19. The van der Waals surface area contributed by atoms with Gasteiger partial charge in [0.2, 0.25) is 0 Å². The van der Waals surface area contributed by atoms with Gasteiger partial charge in [0.05, 0.1) is 0 Å². The number of hydrogen-bond acceptors (Lipinski definition) is 0. The second-order valence-electron chi connectivity index (χ2n) is 2.22. The van der Waals surface area contributed by atoms with Crippen molar-refractivity contribution in [2.75, 3.05) is 0 Å². The summed E-state index contributed by atoms with van der Waals surface area (Å²) in [5.74, 6) is 3.59. The molecule has 0 aliphatic heterocycles. The zero-order valence-electron chi connectivity index (χ0n) is 6.22. The first-order valence-corrected chi connectivity index (χ1v) is 5.81. The Morgan fingerprint density at radius 3 is 2.89 bits per heavy atom. The van der Waals surface area contributed by atoms with E-state index in [2.05, 4.69) is 28.2 Å². The molecule has 0 saturated heterocycles. The van der Waals surface area contributed by atoms with Crippen molar-refractivity contribution in [3.8, 4) is 0 Å². The summed E-state index contributed by atoms with van der Waals surface area (Å²) in [7, 11) is 0. The summed E-state index contributed by atoms with van der Waals surface area (Å²) in [4.78, 5) is 0. The van der Waals surface area contributed by atoms with E-state index in [1.165, 1.54) is 12.8 Å². The summed E-state index contributed by atoms with van der Waals surface area (Å²) in [6, 6.07) is 0. The van der Waals surface area contributed by atoms with Crippen LogP contribution in [-0.4, -0.2) is 31.5 Å². The minimum atomic E-state index is 0.536. The molecule has 0 fully saturated rings. The zero-order valence-corrected chi connectivity index (χ0v) is 11.7. The van der Waals surface area contributed by atoms with E-state index in [0.29, 0.717) is 31.5 Å². The summed E-state index contributed by atoms with van der Waals surface area (Å²) >= 11 is 0.536. The van der Waals surface area contributed by atoms with Crippen LogP contribution in [0.1, 0.15) is 26.7 Å². The molecule has 0 aromatic rings. The SMILES string of the molecule is CCCC(C)C=C=[N+]=[TlH]. The molecule has 0 bridgehead atoms. The molecule has 0 amide bonds. The van der Waals surface area contributed by atoms with E-state index in [4.69, 9.17) is 0 Å². The van der Waals surface area contributed by atoms with Crippen LogP contribution in [0, 0.1) is 5.92 Å². The molecule has 0 aliphatic rings. The molecule has 48 valence electrons. The molecule has 0 radical (unpaired) electrons.